The van der Waals surface area contributed by atoms with Gasteiger partial charge >= 0.3 is 12.1 Å². The molecule has 12 nitrogen and oxygen atoms in total. The monoisotopic (exact) mass is 675 g/mol. The number of esters is 1. The van der Waals surface area contributed by atoms with Crippen LogP contribution in [0, 0.1) is 23.6 Å². The molecule has 0 aliphatic carbocycles. The van der Waals surface area contributed by atoms with Crippen LogP contribution in [0.15, 0.2) is 29.9 Å². The number of aromatic nitrogens is 3. The summed E-state index contributed by atoms with van der Waals surface area (Å²) in [5, 5.41) is 28.9. The standard InChI is InChI=1S/C33H46FN5O7S/c1-20-5-7-25(40)18-30(41)46-32(21(2)6-8-26(20)29-19-37(4)11-12-38(29)33(42)43)22(3)15-23-16-27(34)31-28(17-23)39(36-35-31)24-9-13-47(44,45)14-10-24/h6,8,15-17,20-21,24-26,29,32,40H,5,7,9-14,18-19H2,1-4H3,(H,42,43)/b8-6+,22-15+/t20-,21-,25+,26-,29?,32-/m0/s1. The summed E-state index contributed by atoms with van der Waals surface area (Å²) in [7, 11) is -1.11. The average molecular weight is 676 g/mol. The summed E-state index contributed by atoms with van der Waals surface area (Å²) in [5.74, 6) is -1.46. The number of carbonyl (C=O) groups excluding carboxylic acids is 1. The molecule has 2 N–H and O–H groups in total. The summed E-state index contributed by atoms with van der Waals surface area (Å²) in [4.78, 5) is 28.8. The van der Waals surface area contributed by atoms with Crippen molar-refractivity contribution >= 4 is 39.0 Å². The molecule has 14 heteroatoms. The third-order valence-electron chi connectivity index (χ3n) is 9.97. The average Bonchev–Trinajstić information content (AvgIpc) is 3.42. The number of piperazine rings is 1. The number of fused-ring (bicyclic) bond motifs is 1. The fourth-order valence-electron chi connectivity index (χ4n) is 7.21. The van der Waals surface area contributed by atoms with E-state index in [1.807, 2.05) is 26.1 Å². The Labute approximate surface area is 275 Å². The van der Waals surface area contributed by atoms with Gasteiger partial charge in [0.1, 0.15) is 21.5 Å². The van der Waals surface area contributed by atoms with Crippen LogP contribution in [0.4, 0.5) is 9.18 Å². The summed E-state index contributed by atoms with van der Waals surface area (Å²) in [6.07, 6.45) is 4.72. The molecule has 47 heavy (non-hydrogen) atoms. The molecular weight excluding hydrogens is 629 g/mol. The van der Waals surface area contributed by atoms with E-state index in [4.69, 9.17) is 4.74 Å². The lowest BCUT2D eigenvalue weighted by atomic mass is 9.80. The van der Waals surface area contributed by atoms with E-state index in [2.05, 4.69) is 22.1 Å². The van der Waals surface area contributed by atoms with Crippen LogP contribution in [-0.4, -0.2) is 112 Å². The van der Waals surface area contributed by atoms with Crippen molar-refractivity contribution in [1.82, 2.24) is 24.8 Å². The van der Waals surface area contributed by atoms with E-state index < -0.39 is 39.9 Å². The highest BCUT2D eigenvalue weighted by Crippen LogP contribution is 2.33. The lowest BCUT2D eigenvalue weighted by molar-refractivity contribution is -0.151. The van der Waals surface area contributed by atoms with Crippen molar-refractivity contribution in [3.05, 3.63) is 41.2 Å². The Morgan fingerprint density at radius 1 is 1.11 bits per heavy atom. The van der Waals surface area contributed by atoms with Gasteiger partial charge in [-0.3, -0.25) is 4.79 Å². The fourth-order valence-corrected chi connectivity index (χ4v) is 8.68. The Morgan fingerprint density at radius 2 is 1.83 bits per heavy atom. The van der Waals surface area contributed by atoms with Gasteiger partial charge in [0, 0.05) is 31.5 Å². The second kappa shape index (κ2) is 14.4. The van der Waals surface area contributed by atoms with E-state index in [0.717, 1.165) is 0 Å². The zero-order valence-corrected chi connectivity index (χ0v) is 28.3. The van der Waals surface area contributed by atoms with Crippen molar-refractivity contribution in [2.45, 2.75) is 77.2 Å². The number of amides is 1. The number of carbonyl (C=O) groups is 2. The molecule has 2 saturated heterocycles. The molecule has 258 valence electrons. The van der Waals surface area contributed by atoms with Crippen LogP contribution in [0.1, 0.15) is 64.5 Å². The first-order valence-electron chi connectivity index (χ1n) is 16.4. The Morgan fingerprint density at radius 3 is 2.53 bits per heavy atom. The Bertz CT molecular complexity index is 1630. The lowest BCUT2D eigenvalue weighted by Gasteiger charge is -2.43. The van der Waals surface area contributed by atoms with Gasteiger partial charge in [-0.15, -0.1) is 5.10 Å². The van der Waals surface area contributed by atoms with Crippen LogP contribution in [0.5, 0.6) is 0 Å². The van der Waals surface area contributed by atoms with Gasteiger partial charge < -0.3 is 24.7 Å². The van der Waals surface area contributed by atoms with Gasteiger partial charge in [-0.05, 0) is 68.8 Å². The number of ether oxygens (including phenoxy) is 1. The highest BCUT2D eigenvalue weighted by atomic mass is 32.2. The summed E-state index contributed by atoms with van der Waals surface area (Å²) < 4.78 is 46.8. The van der Waals surface area contributed by atoms with Crippen LogP contribution in [0.2, 0.25) is 0 Å². The number of rotatable bonds is 4. The molecule has 0 bridgehead atoms. The van der Waals surface area contributed by atoms with Gasteiger partial charge in [-0.2, -0.15) is 0 Å². The molecule has 3 aliphatic rings. The number of hydrogen-bond acceptors (Lipinski definition) is 9. The Balaban J connectivity index is 1.47. The molecule has 0 saturated carbocycles. The third-order valence-corrected chi connectivity index (χ3v) is 11.7. The second-order valence-electron chi connectivity index (χ2n) is 13.6. The van der Waals surface area contributed by atoms with E-state index in [9.17, 15) is 28.2 Å². The number of sulfone groups is 1. The molecule has 3 aliphatic heterocycles. The number of carboxylic acid groups (broad SMARTS) is 1. The molecule has 1 aromatic heterocycles. The smallest absolute Gasteiger partial charge is 0.407 e. The summed E-state index contributed by atoms with van der Waals surface area (Å²) in [6, 6.07) is 2.60. The molecule has 1 aromatic carbocycles. The van der Waals surface area contributed by atoms with Crippen molar-refractivity contribution in [2.24, 2.45) is 17.8 Å². The maximum atomic E-state index is 15.3. The minimum Gasteiger partial charge on any atom is -0.465 e. The van der Waals surface area contributed by atoms with Crippen molar-refractivity contribution in [3.63, 3.8) is 0 Å². The Kier molecular flexibility index (Phi) is 10.7. The molecule has 1 amide bonds. The maximum absolute atomic E-state index is 15.3. The number of halogens is 1. The Hall–Kier alpha value is -3.36. The first-order valence-corrected chi connectivity index (χ1v) is 18.2. The first kappa shape index (κ1) is 35.0. The zero-order valence-electron chi connectivity index (χ0n) is 27.5. The molecule has 1 unspecified atom stereocenters. The van der Waals surface area contributed by atoms with Crippen molar-refractivity contribution in [2.75, 3.05) is 38.2 Å². The number of hydrogen-bond donors (Lipinski definition) is 2. The highest BCUT2D eigenvalue weighted by molar-refractivity contribution is 7.91. The number of likely N-dealkylation sites (N-methyl/N-ethyl adjacent to an activating group) is 1. The van der Waals surface area contributed by atoms with Crippen molar-refractivity contribution < 1.29 is 37.3 Å². The largest absolute Gasteiger partial charge is 0.465 e. The van der Waals surface area contributed by atoms with Crippen molar-refractivity contribution in [1.29, 1.82) is 0 Å². The molecular formula is C33H46FN5O7S. The molecule has 5 rings (SSSR count). The number of aliphatic hydroxyl groups is 1. The predicted molar refractivity (Wildman–Crippen MR) is 175 cm³/mol. The predicted octanol–water partition coefficient (Wildman–Crippen LogP) is 3.92. The van der Waals surface area contributed by atoms with E-state index in [0.29, 0.717) is 62.0 Å². The third kappa shape index (κ3) is 8.21. The van der Waals surface area contributed by atoms with E-state index in [1.54, 1.807) is 23.7 Å². The second-order valence-corrected chi connectivity index (χ2v) is 15.9. The molecule has 0 radical (unpaired) electrons. The fraction of sp³-hybridized carbons (Fsp3) is 0.636. The zero-order chi connectivity index (χ0) is 34.0. The van der Waals surface area contributed by atoms with Gasteiger partial charge in [0.15, 0.2) is 5.82 Å². The number of benzene rings is 1. The molecule has 6 atom stereocenters. The molecule has 2 aromatic rings. The first-order chi connectivity index (χ1) is 22.2. The van der Waals surface area contributed by atoms with Gasteiger partial charge in [0.2, 0.25) is 0 Å². The van der Waals surface area contributed by atoms with E-state index >= 15 is 4.39 Å². The van der Waals surface area contributed by atoms with Crippen LogP contribution in [0.3, 0.4) is 0 Å². The number of aliphatic hydroxyl groups excluding tert-OH is 1. The minimum atomic E-state index is -3.09. The van der Waals surface area contributed by atoms with E-state index in [-0.39, 0.29) is 53.3 Å². The van der Waals surface area contributed by atoms with Crippen LogP contribution < -0.4 is 0 Å². The summed E-state index contributed by atoms with van der Waals surface area (Å²) >= 11 is 0. The SMILES string of the molecule is C/C(=C\c1cc(F)c2nnn(C3CCS(=O)(=O)CC3)c2c1)[C@H]1OC(=O)C[C@H](O)CC[C@H](C)[C@@H](C2CN(C)CCN2C(=O)O)/C=C/[C@@H]1C. The molecule has 4 heterocycles. The highest BCUT2D eigenvalue weighted by Gasteiger charge is 2.37. The topological polar surface area (TPSA) is 155 Å². The van der Waals surface area contributed by atoms with Crippen LogP contribution >= 0.6 is 0 Å². The normalized spacial score (nSPS) is 31.1. The minimum absolute atomic E-state index is 0.0365. The lowest BCUT2D eigenvalue weighted by Crippen LogP contribution is -2.57. The van der Waals surface area contributed by atoms with Crippen molar-refractivity contribution in [3.8, 4) is 0 Å². The van der Waals surface area contributed by atoms with Gasteiger partial charge in [0.25, 0.3) is 0 Å². The number of cyclic esters (lactones) is 1. The molecule has 0 spiro atoms. The van der Waals surface area contributed by atoms with Crippen LogP contribution in [0.25, 0.3) is 17.1 Å². The van der Waals surface area contributed by atoms with E-state index in [1.165, 1.54) is 11.0 Å². The summed E-state index contributed by atoms with van der Waals surface area (Å²) in [5.41, 5.74) is 1.71. The van der Waals surface area contributed by atoms with Gasteiger partial charge in [-0.25, -0.2) is 22.3 Å². The number of nitrogens with zero attached hydrogens (tertiary/aromatic N) is 5. The molecule has 2 fully saturated rings. The summed E-state index contributed by atoms with van der Waals surface area (Å²) in [6.45, 7) is 7.41. The maximum Gasteiger partial charge on any atom is 0.407 e. The van der Waals surface area contributed by atoms with Gasteiger partial charge in [-0.1, -0.05) is 37.3 Å². The van der Waals surface area contributed by atoms with Crippen LogP contribution in [-0.2, 0) is 19.4 Å². The van der Waals surface area contributed by atoms with Gasteiger partial charge in [0.05, 0.1) is 41.6 Å². The quantitative estimate of drug-likeness (QED) is 0.360.